The molecule has 0 spiro atoms. The van der Waals surface area contributed by atoms with Crippen molar-refractivity contribution in [1.29, 1.82) is 0 Å². The Morgan fingerprint density at radius 1 is 1.36 bits per heavy atom. The van der Waals surface area contributed by atoms with Crippen LogP contribution in [0.4, 0.5) is 10.2 Å². The Morgan fingerprint density at radius 2 is 2.14 bits per heavy atom. The first-order valence-corrected chi connectivity index (χ1v) is 7.72. The molecule has 2 heterocycles. The van der Waals surface area contributed by atoms with Crippen LogP contribution in [-0.2, 0) is 9.53 Å². The summed E-state index contributed by atoms with van der Waals surface area (Å²) < 4.78 is 24.2. The largest absolute Gasteiger partial charge is 0.462 e. The molecule has 0 saturated carbocycles. The number of fused-ring (bicyclic) bond motifs is 1. The van der Waals surface area contributed by atoms with Crippen LogP contribution in [0.25, 0.3) is 11.0 Å². The first-order chi connectivity index (χ1) is 10.6. The second kappa shape index (κ2) is 6.04. The van der Waals surface area contributed by atoms with E-state index in [-0.39, 0.29) is 18.3 Å². The number of nitrogens with zero attached hydrogens (tertiary/aromatic N) is 2. The Hall–Kier alpha value is -1.95. The second-order valence-electron chi connectivity index (χ2n) is 5.76. The van der Waals surface area contributed by atoms with Gasteiger partial charge in [0.15, 0.2) is 12.1 Å². The highest BCUT2D eigenvalue weighted by molar-refractivity contribution is 5.89. The predicted octanol–water partition coefficient (Wildman–Crippen LogP) is 3.02. The third kappa shape index (κ3) is 2.70. The second-order valence-corrected chi connectivity index (χ2v) is 5.76. The predicted molar refractivity (Wildman–Crippen MR) is 80.8 cm³/mol. The van der Waals surface area contributed by atoms with Gasteiger partial charge >= 0.3 is 5.97 Å². The third-order valence-electron chi connectivity index (χ3n) is 4.27. The fourth-order valence-corrected chi connectivity index (χ4v) is 3.26. The van der Waals surface area contributed by atoms with Crippen molar-refractivity contribution in [2.24, 2.45) is 0 Å². The lowest BCUT2D eigenvalue weighted by Gasteiger charge is -2.37. The topological polar surface area (TPSA) is 52.3 Å². The number of carbonyl (C=O) groups excluding carboxylic acids is 1. The molecule has 1 saturated heterocycles. The lowest BCUT2D eigenvalue weighted by atomic mass is 10.1. The number of ether oxygens (including phenoxy) is 1. The molecule has 5 nitrogen and oxygen atoms in total. The molecule has 22 heavy (non-hydrogen) atoms. The summed E-state index contributed by atoms with van der Waals surface area (Å²) in [5, 5.41) is 4.94. The van der Waals surface area contributed by atoms with Crippen LogP contribution in [0.5, 0.6) is 0 Å². The van der Waals surface area contributed by atoms with Gasteiger partial charge in [-0.1, -0.05) is 0 Å². The number of aromatic nitrogens is 1. The van der Waals surface area contributed by atoms with E-state index < -0.39 is 0 Å². The van der Waals surface area contributed by atoms with Gasteiger partial charge in [-0.25, -0.2) is 9.18 Å². The zero-order valence-corrected chi connectivity index (χ0v) is 12.7. The highest BCUT2D eigenvalue weighted by Gasteiger charge is 2.39. The summed E-state index contributed by atoms with van der Waals surface area (Å²) >= 11 is 0. The Labute approximate surface area is 128 Å². The maximum Gasteiger partial charge on any atom is 0.362 e. The molecule has 1 fully saturated rings. The highest BCUT2D eigenvalue weighted by atomic mass is 19.1. The number of hydrogen-bond donors (Lipinski definition) is 0. The van der Waals surface area contributed by atoms with Gasteiger partial charge in [0.2, 0.25) is 0 Å². The van der Waals surface area contributed by atoms with E-state index in [1.807, 2.05) is 0 Å². The number of halogens is 1. The van der Waals surface area contributed by atoms with Gasteiger partial charge in [-0.05, 0) is 43.5 Å². The van der Waals surface area contributed by atoms with E-state index in [4.69, 9.17) is 9.26 Å². The van der Waals surface area contributed by atoms with Crippen LogP contribution >= 0.6 is 0 Å². The van der Waals surface area contributed by atoms with Crippen molar-refractivity contribution < 1.29 is 18.4 Å². The van der Waals surface area contributed by atoms with Crippen LogP contribution < -0.4 is 4.48 Å². The molecule has 118 valence electrons. The number of esters is 1. The monoisotopic (exact) mass is 307 g/mol. The van der Waals surface area contributed by atoms with E-state index >= 15 is 0 Å². The molecule has 0 aliphatic carbocycles. The minimum atomic E-state index is -0.356. The average Bonchev–Trinajstić information content (AvgIpc) is 2.92. The molecular formula is C16H20FN2O3+. The molecule has 0 radical (unpaired) electrons. The molecule has 1 aliphatic heterocycles. The van der Waals surface area contributed by atoms with Gasteiger partial charge in [0.05, 0.1) is 19.7 Å². The number of piperidine rings is 1. The standard InChI is InChI=1S/C16H20FN2O3/c1-2-21-15(20)11-19(8-4-3-5-9-19)16-13-7-6-12(17)10-14(13)22-18-16/h6-7,10H,2-5,8-9,11H2,1H3/q+1. The van der Waals surface area contributed by atoms with Crippen molar-refractivity contribution >= 4 is 22.8 Å². The van der Waals surface area contributed by atoms with Crippen LogP contribution in [-0.4, -0.2) is 37.4 Å². The molecule has 0 atom stereocenters. The Morgan fingerprint density at radius 3 is 2.86 bits per heavy atom. The molecule has 0 N–H and O–H groups in total. The summed E-state index contributed by atoms with van der Waals surface area (Å²) in [5.74, 6) is 0.121. The average molecular weight is 307 g/mol. The SMILES string of the molecule is CCOC(=O)C[N+]1(c2noc3cc(F)ccc23)CCCCC1. The van der Waals surface area contributed by atoms with E-state index in [0.717, 1.165) is 37.7 Å². The van der Waals surface area contributed by atoms with E-state index in [0.29, 0.717) is 22.5 Å². The van der Waals surface area contributed by atoms with Gasteiger partial charge < -0.3 is 9.26 Å². The lowest BCUT2D eigenvalue weighted by molar-refractivity contribution is -0.144. The maximum atomic E-state index is 13.3. The van der Waals surface area contributed by atoms with Crippen molar-refractivity contribution in [3.8, 4) is 0 Å². The van der Waals surface area contributed by atoms with Crippen LogP contribution in [0.2, 0.25) is 0 Å². The third-order valence-corrected chi connectivity index (χ3v) is 4.27. The summed E-state index contributed by atoms with van der Waals surface area (Å²) in [6, 6.07) is 4.40. The molecule has 2 aromatic rings. The Balaban J connectivity index is 2.02. The molecule has 0 unspecified atom stereocenters. The minimum absolute atomic E-state index is 0.234. The van der Waals surface area contributed by atoms with Gasteiger partial charge in [-0.2, -0.15) is 0 Å². The van der Waals surface area contributed by atoms with Crippen molar-refractivity contribution in [2.45, 2.75) is 26.2 Å². The van der Waals surface area contributed by atoms with Gasteiger partial charge in [-0.15, -0.1) is 0 Å². The summed E-state index contributed by atoms with van der Waals surface area (Å²) in [6.45, 7) is 4.04. The van der Waals surface area contributed by atoms with Crippen molar-refractivity contribution in [3.05, 3.63) is 24.0 Å². The van der Waals surface area contributed by atoms with Crippen LogP contribution in [0.15, 0.2) is 22.7 Å². The number of quaternary nitrogens is 1. The van der Waals surface area contributed by atoms with Crippen LogP contribution in [0.3, 0.4) is 0 Å². The van der Waals surface area contributed by atoms with Gasteiger partial charge in [0.1, 0.15) is 11.2 Å². The number of benzene rings is 1. The van der Waals surface area contributed by atoms with Crippen molar-refractivity contribution in [1.82, 2.24) is 9.64 Å². The molecule has 3 rings (SSSR count). The summed E-state index contributed by atoms with van der Waals surface area (Å²) in [6.07, 6.45) is 3.19. The normalized spacial score (nSPS) is 17.5. The van der Waals surface area contributed by atoms with Crippen LogP contribution in [0, 0.1) is 5.82 Å². The molecule has 1 aromatic carbocycles. The Bertz CT molecular complexity index is 677. The molecular weight excluding hydrogens is 287 g/mol. The minimum Gasteiger partial charge on any atom is -0.462 e. The first-order valence-electron chi connectivity index (χ1n) is 7.72. The summed E-state index contributed by atoms with van der Waals surface area (Å²) in [5.41, 5.74) is 0.418. The number of rotatable bonds is 4. The summed E-state index contributed by atoms with van der Waals surface area (Å²) in [7, 11) is 0. The molecule has 6 heteroatoms. The van der Waals surface area contributed by atoms with E-state index in [1.165, 1.54) is 12.1 Å². The smallest absolute Gasteiger partial charge is 0.362 e. The maximum absolute atomic E-state index is 13.3. The highest BCUT2D eigenvalue weighted by Crippen LogP contribution is 2.34. The van der Waals surface area contributed by atoms with Gasteiger partial charge in [0, 0.05) is 6.07 Å². The summed E-state index contributed by atoms with van der Waals surface area (Å²) in [4.78, 5) is 12.0. The number of likely N-dealkylation sites (tertiary alicyclic amines) is 1. The molecule has 1 aliphatic rings. The lowest BCUT2D eigenvalue weighted by Crippen LogP contribution is -2.56. The van der Waals surface area contributed by atoms with E-state index in [2.05, 4.69) is 5.16 Å². The molecule has 0 bridgehead atoms. The van der Waals surface area contributed by atoms with E-state index in [1.54, 1.807) is 13.0 Å². The number of carbonyl (C=O) groups is 1. The quantitative estimate of drug-likeness (QED) is 0.643. The van der Waals surface area contributed by atoms with Gasteiger partial charge in [0.25, 0.3) is 5.82 Å². The van der Waals surface area contributed by atoms with Gasteiger partial charge in [-0.3, -0.25) is 4.48 Å². The fourth-order valence-electron chi connectivity index (χ4n) is 3.26. The first kappa shape index (κ1) is 15.0. The molecule has 1 aromatic heterocycles. The zero-order chi connectivity index (χ0) is 15.6. The fraction of sp³-hybridized carbons (Fsp3) is 0.500. The molecule has 0 amide bonds. The van der Waals surface area contributed by atoms with Crippen LogP contribution in [0.1, 0.15) is 26.2 Å². The Kier molecular flexibility index (Phi) is 4.11. The number of hydrogen-bond acceptors (Lipinski definition) is 4. The van der Waals surface area contributed by atoms with Crippen molar-refractivity contribution in [3.63, 3.8) is 0 Å². The zero-order valence-electron chi connectivity index (χ0n) is 12.7. The van der Waals surface area contributed by atoms with Crippen molar-refractivity contribution in [2.75, 3.05) is 26.2 Å². The van der Waals surface area contributed by atoms with E-state index in [9.17, 15) is 9.18 Å².